The van der Waals surface area contributed by atoms with E-state index in [0.29, 0.717) is 25.5 Å². The maximum Gasteiger partial charge on any atom is 0.320 e. The predicted molar refractivity (Wildman–Crippen MR) is 94.9 cm³/mol. The van der Waals surface area contributed by atoms with Gasteiger partial charge in [0.25, 0.3) is 0 Å². The van der Waals surface area contributed by atoms with E-state index >= 15 is 0 Å². The number of nitrogens with one attached hydrogen (secondary N) is 2. The van der Waals surface area contributed by atoms with Gasteiger partial charge in [0.15, 0.2) is 0 Å². The Bertz CT molecular complexity index is 729. The summed E-state index contributed by atoms with van der Waals surface area (Å²) < 4.78 is 12.5. The van der Waals surface area contributed by atoms with Crippen LogP contribution in [0.2, 0.25) is 0 Å². The molecule has 0 aliphatic carbocycles. The number of hydrogen-bond donors (Lipinski definition) is 2. The molecular weight excluding hydrogens is 320 g/mol. The second-order valence-corrected chi connectivity index (χ2v) is 6.07. The fourth-order valence-electron chi connectivity index (χ4n) is 2.96. The number of anilines is 1. The van der Waals surface area contributed by atoms with E-state index in [-0.39, 0.29) is 12.1 Å². The van der Waals surface area contributed by atoms with Crippen LogP contribution in [0.3, 0.4) is 0 Å². The molecule has 2 N–H and O–H groups in total. The molecule has 0 saturated carbocycles. The molecule has 0 radical (unpaired) electrons. The molecule has 2 amide bonds. The SMILES string of the molecule is COCCc1cc(NC(=O)N[C@H]2CCCOc3ccccc32)n(C)n1. The van der Waals surface area contributed by atoms with Crippen LogP contribution in [0.1, 0.15) is 30.1 Å². The Morgan fingerprint density at radius 3 is 3.12 bits per heavy atom. The molecule has 0 unspecified atom stereocenters. The molecule has 1 aromatic carbocycles. The highest BCUT2D eigenvalue weighted by Crippen LogP contribution is 2.31. The largest absolute Gasteiger partial charge is 0.493 e. The van der Waals surface area contributed by atoms with Crippen LogP contribution in [0, 0.1) is 0 Å². The van der Waals surface area contributed by atoms with Gasteiger partial charge in [-0.05, 0) is 18.9 Å². The van der Waals surface area contributed by atoms with E-state index in [1.807, 2.05) is 30.3 Å². The summed E-state index contributed by atoms with van der Waals surface area (Å²) in [6, 6.07) is 9.39. The Labute approximate surface area is 147 Å². The van der Waals surface area contributed by atoms with Crippen molar-refractivity contribution in [2.24, 2.45) is 7.05 Å². The minimum Gasteiger partial charge on any atom is -0.493 e. The summed E-state index contributed by atoms with van der Waals surface area (Å²) in [5.74, 6) is 1.49. The first-order chi connectivity index (χ1) is 12.2. The third kappa shape index (κ3) is 4.30. The van der Waals surface area contributed by atoms with Crippen molar-refractivity contribution in [1.82, 2.24) is 15.1 Å². The topological polar surface area (TPSA) is 77.4 Å². The molecule has 0 bridgehead atoms. The summed E-state index contributed by atoms with van der Waals surface area (Å²) in [6.07, 6.45) is 2.45. The first kappa shape index (κ1) is 17.3. The van der Waals surface area contributed by atoms with Crippen LogP contribution < -0.4 is 15.4 Å². The highest BCUT2D eigenvalue weighted by molar-refractivity contribution is 5.88. The number of rotatable bonds is 5. The van der Waals surface area contributed by atoms with Crippen LogP contribution in [0.15, 0.2) is 30.3 Å². The van der Waals surface area contributed by atoms with E-state index in [9.17, 15) is 4.79 Å². The monoisotopic (exact) mass is 344 g/mol. The molecule has 1 atom stereocenters. The lowest BCUT2D eigenvalue weighted by Gasteiger charge is -2.18. The Hall–Kier alpha value is -2.54. The fraction of sp³-hybridized carbons (Fsp3) is 0.444. The molecule has 0 spiro atoms. The van der Waals surface area contributed by atoms with Gasteiger partial charge < -0.3 is 14.8 Å². The maximum atomic E-state index is 12.4. The summed E-state index contributed by atoms with van der Waals surface area (Å²) in [5.41, 5.74) is 1.90. The van der Waals surface area contributed by atoms with Gasteiger partial charge in [0.05, 0.1) is 24.9 Å². The maximum absolute atomic E-state index is 12.4. The van der Waals surface area contributed by atoms with Crippen molar-refractivity contribution in [1.29, 1.82) is 0 Å². The van der Waals surface area contributed by atoms with Crippen LogP contribution in [0.25, 0.3) is 0 Å². The molecular formula is C18H24N4O3. The molecule has 25 heavy (non-hydrogen) atoms. The molecule has 7 heteroatoms. The lowest BCUT2D eigenvalue weighted by Crippen LogP contribution is -2.33. The van der Waals surface area contributed by atoms with Crippen molar-refractivity contribution < 1.29 is 14.3 Å². The average Bonchev–Trinajstić information content (AvgIpc) is 2.82. The molecule has 1 aliphatic heterocycles. The number of aromatic nitrogens is 2. The van der Waals surface area contributed by atoms with Crippen molar-refractivity contribution in [2.45, 2.75) is 25.3 Å². The van der Waals surface area contributed by atoms with Gasteiger partial charge in [-0.2, -0.15) is 5.10 Å². The third-order valence-electron chi connectivity index (χ3n) is 4.23. The zero-order chi connectivity index (χ0) is 17.6. The first-order valence-electron chi connectivity index (χ1n) is 8.48. The van der Waals surface area contributed by atoms with Gasteiger partial charge >= 0.3 is 6.03 Å². The number of carbonyl (C=O) groups is 1. The number of methoxy groups -OCH3 is 1. The van der Waals surface area contributed by atoms with Crippen molar-refractivity contribution in [3.63, 3.8) is 0 Å². The lowest BCUT2D eigenvalue weighted by atomic mass is 10.0. The second-order valence-electron chi connectivity index (χ2n) is 6.07. The fourth-order valence-corrected chi connectivity index (χ4v) is 2.96. The first-order valence-corrected chi connectivity index (χ1v) is 8.48. The number of benzene rings is 1. The number of urea groups is 1. The number of ether oxygens (including phenoxy) is 2. The zero-order valence-corrected chi connectivity index (χ0v) is 14.6. The van der Waals surface area contributed by atoms with Crippen LogP contribution in [-0.4, -0.2) is 36.1 Å². The highest BCUT2D eigenvalue weighted by atomic mass is 16.5. The van der Waals surface area contributed by atoms with Crippen LogP contribution in [0.4, 0.5) is 10.6 Å². The summed E-state index contributed by atoms with van der Waals surface area (Å²) >= 11 is 0. The van der Waals surface area contributed by atoms with Crippen molar-refractivity contribution >= 4 is 11.8 Å². The van der Waals surface area contributed by atoms with E-state index < -0.39 is 0 Å². The Morgan fingerprint density at radius 2 is 2.28 bits per heavy atom. The third-order valence-corrected chi connectivity index (χ3v) is 4.23. The summed E-state index contributed by atoms with van der Waals surface area (Å²) in [7, 11) is 3.46. The normalized spacial score (nSPS) is 16.5. The van der Waals surface area contributed by atoms with Crippen LogP contribution >= 0.6 is 0 Å². The van der Waals surface area contributed by atoms with Crippen molar-refractivity contribution in [3.05, 3.63) is 41.6 Å². The number of amides is 2. The Kier molecular flexibility index (Phi) is 5.55. The van der Waals surface area contributed by atoms with Crippen molar-refractivity contribution in [3.8, 4) is 5.75 Å². The Balaban J connectivity index is 1.66. The number of hydrogen-bond acceptors (Lipinski definition) is 4. The van der Waals surface area contributed by atoms with E-state index in [0.717, 1.165) is 29.8 Å². The van der Waals surface area contributed by atoms with Gasteiger partial charge in [-0.15, -0.1) is 0 Å². The minimum atomic E-state index is -0.247. The van der Waals surface area contributed by atoms with Gasteiger partial charge in [0, 0.05) is 32.2 Å². The molecule has 1 aromatic heterocycles. The number of carbonyl (C=O) groups excluding carboxylic acids is 1. The summed E-state index contributed by atoms with van der Waals surface area (Å²) in [5, 5.41) is 10.3. The van der Waals surface area contributed by atoms with E-state index in [1.165, 1.54) is 0 Å². The smallest absolute Gasteiger partial charge is 0.320 e. The average molecular weight is 344 g/mol. The van der Waals surface area contributed by atoms with Gasteiger partial charge in [-0.1, -0.05) is 18.2 Å². The van der Waals surface area contributed by atoms with E-state index in [2.05, 4.69) is 15.7 Å². The molecule has 7 nitrogen and oxygen atoms in total. The quantitative estimate of drug-likeness (QED) is 0.874. The number of para-hydroxylation sites is 1. The number of fused-ring (bicyclic) bond motifs is 1. The van der Waals surface area contributed by atoms with Crippen LogP contribution in [-0.2, 0) is 18.2 Å². The van der Waals surface area contributed by atoms with Gasteiger partial charge in [-0.3, -0.25) is 10.00 Å². The zero-order valence-electron chi connectivity index (χ0n) is 14.6. The minimum absolute atomic E-state index is 0.0695. The van der Waals surface area contributed by atoms with Gasteiger partial charge in [0.2, 0.25) is 0 Å². The predicted octanol–water partition coefficient (Wildman–Crippen LogP) is 2.64. The number of aryl methyl sites for hydroxylation is 1. The van der Waals surface area contributed by atoms with E-state index in [1.54, 1.807) is 18.8 Å². The molecule has 0 fully saturated rings. The summed E-state index contributed by atoms with van der Waals surface area (Å²) in [6.45, 7) is 1.27. The molecule has 2 aromatic rings. The van der Waals surface area contributed by atoms with Gasteiger partial charge in [-0.25, -0.2) is 4.79 Å². The lowest BCUT2D eigenvalue weighted by molar-refractivity contribution is 0.201. The molecule has 134 valence electrons. The molecule has 3 rings (SSSR count). The number of nitrogens with zero attached hydrogens (tertiary/aromatic N) is 2. The molecule has 2 heterocycles. The van der Waals surface area contributed by atoms with Gasteiger partial charge in [0.1, 0.15) is 11.6 Å². The molecule has 0 saturated heterocycles. The highest BCUT2D eigenvalue weighted by Gasteiger charge is 2.21. The van der Waals surface area contributed by atoms with Crippen LogP contribution in [0.5, 0.6) is 5.75 Å². The summed E-state index contributed by atoms with van der Waals surface area (Å²) in [4.78, 5) is 12.4. The standard InChI is InChI=1S/C18H24N4O3/c1-22-17(12-13(21-22)9-11-24-2)20-18(23)19-15-7-5-10-25-16-8-4-3-6-14(15)16/h3-4,6,8,12,15H,5,7,9-11H2,1-2H3,(H2,19,20,23)/t15-/m0/s1. The van der Waals surface area contributed by atoms with E-state index in [4.69, 9.17) is 9.47 Å². The molecule has 1 aliphatic rings. The van der Waals surface area contributed by atoms with Crippen molar-refractivity contribution in [2.75, 3.05) is 25.6 Å². The second kappa shape index (κ2) is 8.02. The Morgan fingerprint density at radius 1 is 1.44 bits per heavy atom.